The van der Waals surface area contributed by atoms with Gasteiger partial charge >= 0.3 is 0 Å². The van der Waals surface area contributed by atoms with Crippen LogP contribution in [0.1, 0.15) is 36.3 Å². The molecule has 0 bridgehead atoms. The molecule has 2 N–H and O–H groups in total. The van der Waals surface area contributed by atoms with E-state index in [9.17, 15) is 4.79 Å². The molecule has 26 heavy (non-hydrogen) atoms. The average Bonchev–Trinajstić information content (AvgIpc) is 2.99. The van der Waals surface area contributed by atoms with E-state index in [1.54, 1.807) is 0 Å². The Morgan fingerprint density at radius 1 is 1.12 bits per heavy atom. The normalized spacial score (nSPS) is 10.8. The highest BCUT2D eigenvalue weighted by molar-refractivity contribution is 5.98. The smallest absolute Gasteiger partial charge is 0.272 e. The first-order chi connectivity index (χ1) is 12.7. The van der Waals surface area contributed by atoms with Crippen LogP contribution in [-0.2, 0) is 6.54 Å². The molecule has 0 radical (unpaired) electrons. The van der Waals surface area contributed by atoms with E-state index in [4.69, 9.17) is 10.6 Å². The molecule has 1 aromatic heterocycles. The SMILES string of the molecule is CCCN(Cc1ccccc1OCC)C(=O)c1cc2ccccc2n1N. The Labute approximate surface area is 153 Å². The molecule has 0 unspecified atom stereocenters. The van der Waals surface area contributed by atoms with Gasteiger partial charge in [0.1, 0.15) is 11.4 Å². The largest absolute Gasteiger partial charge is 0.494 e. The van der Waals surface area contributed by atoms with Crippen LogP contribution in [0.3, 0.4) is 0 Å². The number of fused-ring (bicyclic) bond motifs is 1. The second-order valence-corrected chi connectivity index (χ2v) is 6.23. The van der Waals surface area contributed by atoms with Gasteiger partial charge in [-0.3, -0.25) is 9.47 Å². The van der Waals surface area contributed by atoms with Gasteiger partial charge in [0.05, 0.1) is 12.1 Å². The quantitative estimate of drug-likeness (QED) is 0.659. The summed E-state index contributed by atoms with van der Waals surface area (Å²) >= 11 is 0. The fourth-order valence-corrected chi connectivity index (χ4v) is 3.16. The fourth-order valence-electron chi connectivity index (χ4n) is 3.16. The minimum absolute atomic E-state index is 0.0724. The van der Waals surface area contributed by atoms with Crippen LogP contribution >= 0.6 is 0 Å². The number of nitrogen functional groups attached to an aromatic ring is 1. The monoisotopic (exact) mass is 351 g/mol. The number of hydrogen-bond acceptors (Lipinski definition) is 3. The molecular weight excluding hydrogens is 326 g/mol. The summed E-state index contributed by atoms with van der Waals surface area (Å²) in [5, 5.41) is 0.963. The molecule has 5 nitrogen and oxygen atoms in total. The molecule has 0 spiro atoms. The highest BCUT2D eigenvalue weighted by atomic mass is 16.5. The summed E-state index contributed by atoms with van der Waals surface area (Å²) in [5.41, 5.74) is 2.34. The maximum atomic E-state index is 13.2. The molecule has 0 fully saturated rings. The second kappa shape index (κ2) is 7.95. The molecule has 0 aliphatic rings. The zero-order chi connectivity index (χ0) is 18.5. The van der Waals surface area contributed by atoms with E-state index >= 15 is 0 Å². The van der Waals surface area contributed by atoms with Crippen molar-refractivity contribution in [2.45, 2.75) is 26.8 Å². The third kappa shape index (κ3) is 3.52. The molecule has 0 saturated carbocycles. The molecule has 0 atom stereocenters. The number of para-hydroxylation sites is 2. The number of rotatable bonds is 7. The van der Waals surface area contributed by atoms with Crippen LogP contribution in [0.25, 0.3) is 10.9 Å². The lowest BCUT2D eigenvalue weighted by atomic mass is 10.1. The number of nitrogens with zero attached hydrogens (tertiary/aromatic N) is 2. The van der Waals surface area contributed by atoms with Crippen LogP contribution in [0.4, 0.5) is 0 Å². The third-order valence-electron chi connectivity index (χ3n) is 4.38. The van der Waals surface area contributed by atoms with Crippen LogP contribution in [0.15, 0.2) is 54.6 Å². The number of benzene rings is 2. The first kappa shape index (κ1) is 17.9. The van der Waals surface area contributed by atoms with E-state index in [1.165, 1.54) is 4.68 Å². The van der Waals surface area contributed by atoms with Gasteiger partial charge in [0.25, 0.3) is 5.91 Å². The number of amides is 1. The number of nitrogens with two attached hydrogens (primary N) is 1. The molecular formula is C21H25N3O2. The van der Waals surface area contributed by atoms with Gasteiger partial charge in [0, 0.05) is 24.0 Å². The van der Waals surface area contributed by atoms with Crippen molar-refractivity contribution in [3.05, 3.63) is 65.9 Å². The molecule has 1 heterocycles. The van der Waals surface area contributed by atoms with Gasteiger partial charge < -0.3 is 15.5 Å². The molecule has 136 valence electrons. The van der Waals surface area contributed by atoms with E-state index in [2.05, 4.69) is 6.92 Å². The van der Waals surface area contributed by atoms with Crippen molar-refractivity contribution in [2.75, 3.05) is 19.0 Å². The number of hydrogen-bond donors (Lipinski definition) is 1. The highest BCUT2D eigenvalue weighted by Gasteiger charge is 2.21. The maximum Gasteiger partial charge on any atom is 0.272 e. The lowest BCUT2D eigenvalue weighted by Gasteiger charge is -2.23. The summed E-state index contributed by atoms with van der Waals surface area (Å²) in [4.78, 5) is 15.0. The minimum atomic E-state index is -0.0724. The zero-order valence-electron chi connectivity index (χ0n) is 15.3. The Balaban J connectivity index is 1.92. The van der Waals surface area contributed by atoms with E-state index in [0.717, 1.165) is 28.6 Å². The lowest BCUT2D eigenvalue weighted by Crippen LogP contribution is -2.34. The Hall–Kier alpha value is -2.95. The van der Waals surface area contributed by atoms with Crippen molar-refractivity contribution >= 4 is 16.8 Å². The van der Waals surface area contributed by atoms with E-state index in [1.807, 2.05) is 66.4 Å². The van der Waals surface area contributed by atoms with E-state index in [0.29, 0.717) is 25.4 Å². The number of aromatic nitrogens is 1. The Kier molecular flexibility index (Phi) is 5.46. The van der Waals surface area contributed by atoms with Crippen molar-refractivity contribution in [1.29, 1.82) is 0 Å². The van der Waals surface area contributed by atoms with E-state index < -0.39 is 0 Å². The zero-order valence-corrected chi connectivity index (χ0v) is 15.3. The van der Waals surface area contributed by atoms with Crippen molar-refractivity contribution in [3.8, 4) is 5.75 Å². The Morgan fingerprint density at radius 3 is 2.58 bits per heavy atom. The molecule has 3 rings (SSSR count). The van der Waals surface area contributed by atoms with Gasteiger partial charge in [0.2, 0.25) is 0 Å². The summed E-state index contributed by atoms with van der Waals surface area (Å²) in [5.74, 6) is 6.93. The van der Waals surface area contributed by atoms with Crippen molar-refractivity contribution < 1.29 is 9.53 Å². The van der Waals surface area contributed by atoms with Crippen LogP contribution < -0.4 is 10.6 Å². The van der Waals surface area contributed by atoms with Gasteiger partial charge in [-0.2, -0.15) is 0 Å². The summed E-state index contributed by atoms with van der Waals surface area (Å²) in [7, 11) is 0. The number of carbonyl (C=O) groups is 1. The second-order valence-electron chi connectivity index (χ2n) is 6.23. The van der Waals surface area contributed by atoms with Crippen LogP contribution in [0.2, 0.25) is 0 Å². The van der Waals surface area contributed by atoms with Crippen LogP contribution in [0.5, 0.6) is 5.75 Å². The standard InChI is InChI=1S/C21H25N3O2/c1-3-13-23(15-17-10-6-8-12-20(17)26-4-2)21(25)19-14-16-9-5-7-11-18(16)24(19)22/h5-12,14H,3-4,13,15,22H2,1-2H3. The molecule has 3 aromatic rings. The first-order valence-corrected chi connectivity index (χ1v) is 9.01. The van der Waals surface area contributed by atoms with Crippen LogP contribution in [0, 0.1) is 0 Å². The van der Waals surface area contributed by atoms with Crippen molar-refractivity contribution in [1.82, 2.24) is 9.58 Å². The predicted octanol–water partition coefficient (Wildman–Crippen LogP) is 3.81. The van der Waals surface area contributed by atoms with Gasteiger partial charge in [-0.1, -0.05) is 43.3 Å². The summed E-state index contributed by atoms with van der Waals surface area (Å²) in [6.07, 6.45) is 0.868. The van der Waals surface area contributed by atoms with Gasteiger partial charge in [-0.15, -0.1) is 0 Å². The molecule has 0 aliphatic heterocycles. The molecule has 0 saturated heterocycles. The lowest BCUT2D eigenvalue weighted by molar-refractivity contribution is 0.0733. The number of ether oxygens (including phenoxy) is 1. The minimum Gasteiger partial charge on any atom is -0.494 e. The maximum absolute atomic E-state index is 13.2. The third-order valence-corrected chi connectivity index (χ3v) is 4.38. The van der Waals surface area contributed by atoms with Gasteiger partial charge in [-0.05, 0) is 31.5 Å². The molecule has 5 heteroatoms. The molecule has 0 aliphatic carbocycles. The van der Waals surface area contributed by atoms with Crippen molar-refractivity contribution in [2.24, 2.45) is 0 Å². The van der Waals surface area contributed by atoms with Gasteiger partial charge in [0.15, 0.2) is 0 Å². The van der Waals surface area contributed by atoms with E-state index in [-0.39, 0.29) is 5.91 Å². The Bertz CT molecular complexity index is 901. The summed E-state index contributed by atoms with van der Waals surface area (Å²) in [6, 6.07) is 17.4. The van der Waals surface area contributed by atoms with Crippen molar-refractivity contribution in [3.63, 3.8) is 0 Å². The average molecular weight is 351 g/mol. The topological polar surface area (TPSA) is 60.5 Å². The first-order valence-electron chi connectivity index (χ1n) is 9.01. The van der Waals surface area contributed by atoms with Crippen LogP contribution in [-0.4, -0.2) is 28.6 Å². The molecule has 1 amide bonds. The number of carbonyl (C=O) groups excluding carboxylic acids is 1. The van der Waals surface area contributed by atoms with Gasteiger partial charge in [-0.25, -0.2) is 0 Å². The fraction of sp³-hybridized carbons (Fsp3) is 0.286. The summed E-state index contributed by atoms with van der Waals surface area (Å²) in [6.45, 7) is 5.76. The Morgan fingerprint density at radius 2 is 1.85 bits per heavy atom. The highest BCUT2D eigenvalue weighted by Crippen LogP contribution is 2.23. The predicted molar refractivity (Wildman–Crippen MR) is 105 cm³/mol. The molecule has 2 aromatic carbocycles. The summed E-state index contributed by atoms with van der Waals surface area (Å²) < 4.78 is 7.19.